The smallest absolute Gasteiger partial charge is 0.263 e. The minimum Gasteiger partial charge on any atom is -0.314 e. The van der Waals surface area contributed by atoms with Crippen LogP contribution in [0.2, 0.25) is 0 Å². The van der Waals surface area contributed by atoms with Crippen LogP contribution >= 0.6 is 12.4 Å². The Morgan fingerprint density at radius 1 is 1.20 bits per heavy atom. The Balaban J connectivity index is 0.00000147. The van der Waals surface area contributed by atoms with Crippen molar-refractivity contribution in [3.63, 3.8) is 0 Å². The Labute approximate surface area is 124 Å². The molecule has 0 aliphatic carbocycles. The van der Waals surface area contributed by atoms with Crippen LogP contribution in [0, 0.1) is 5.92 Å². The molecule has 3 rings (SSSR count). The highest BCUT2D eigenvalue weighted by molar-refractivity contribution is 5.85. The van der Waals surface area contributed by atoms with Crippen LogP contribution in [0.15, 0.2) is 24.3 Å². The van der Waals surface area contributed by atoms with E-state index in [2.05, 4.69) is 10.2 Å². The molecule has 0 spiro atoms. The van der Waals surface area contributed by atoms with E-state index >= 15 is 0 Å². The number of nitrogens with one attached hydrogen (secondary N) is 1. The summed E-state index contributed by atoms with van der Waals surface area (Å²) in [7, 11) is 0. The fourth-order valence-electron chi connectivity index (χ4n) is 3.29. The SMILES string of the molecule is Cl.FC(F)c1ccc(CN2CCC3NCCC3C2)cc1. The maximum Gasteiger partial charge on any atom is 0.263 e. The summed E-state index contributed by atoms with van der Waals surface area (Å²) in [5, 5.41) is 3.55. The van der Waals surface area contributed by atoms with Crippen LogP contribution in [0.1, 0.15) is 30.4 Å². The third-order valence-electron chi connectivity index (χ3n) is 4.38. The molecule has 2 atom stereocenters. The number of nitrogens with zero attached hydrogens (tertiary/aromatic N) is 1. The van der Waals surface area contributed by atoms with Crippen LogP contribution in [0.5, 0.6) is 0 Å². The maximum atomic E-state index is 12.5. The molecule has 1 aromatic carbocycles. The van der Waals surface area contributed by atoms with E-state index in [0.29, 0.717) is 6.04 Å². The lowest BCUT2D eigenvalue weighted by molar-refractivity contribution is 0.150. The molecule has 2 saturated heterocycles. The molecule has 112 valence electrons. The minimum absolute atomic E-state index is 0. The summed E-state index contributed by atoms with van der Waals surface area (Å²) in [6, 6.07) is 7.46. The molecular formula is C15H21ClF2N2. The van der Waals surface area contributed by atoms with Gasteiger partial charge < -0.3 is 5.32 Å². The van der Waals surface area contributed by atoms with Gasteiger partial charge in [0, 0.05) is 24.7 Å². The summed E-state index contributed by atoms with van der Waals surface area (Å²) in [5.41, 5.74) is 1.25. The highest BCUT2D eigenvalue weighted by atomic mass is 35.5. The number of alkyl halides is 2. The van der Waals surface area contributed by atoms with Crippen molar-refractivity contribution in [2.45, 2.75) is 31.9 Å². The number of piperidine rings is 1. The van der Waals surface area contributed by atoms with E-state index in [9.17, 15) is 8.78 Å². The Bertz CT molecular complexity index is 424. The number of hydrogen-bond acceptors (Lipinski definition) is 2. The van der Waals surface area contributed by atoms with E-state index in [1.807, 2.05) is 12.1 Å². The van der Waals surface area contributed by atoms with Crippen molar-refractivity contribution in [2.24, 2.45) is 5.92 Å². The molecule has 2 aliphatic rings. The molecule has 20 heavy (non-hydrogen) atoms. The van der Waals surface area contributed by atoms with Gasteiger partial charge in [-0.3, -0.25) is 4.90 Å². The standard InChI is InChI=1S/C15H20F2N2.ClH/c16-15(17)12-3-1-11(2-4-12)9-19-8-6-14-13(10-19)5-7-18-14;/h1-4,13-15,18H,5-10H2;1H. The summed E-state index contributed by atoms with van der Waals surface area (Å²) in [4.78, 5) is 2.45. The number of hydrogen-bond donors (Lipinski definition) is 1. The van der Waals surface area contributed by atoms with Crippen molar-refractivity contribution in [2.75, 3.05) is 19.6 Å². The molecule has 2 heterocycles. The minimum atomic E-state index is -2.37. The number of benzene rings is 1. The normalized spacial score (nSPS) is 26.4. The van der Waals surface area contributed by atoms with Crippen LogP contribution < -0.4 is 5.32 Å². The summed E-state index contributed by atoms with van der Waals surface area (Å²) >= 11 is 0. The van der Waals surface area contributed by atoms with Crippen molar-refractivity contribution in [1.82, 2.24) is 10.2 Å². The van der Waals surface area contributed by atoms with E-state index < -0.39 is 6.43 Å². The fourth-order valence-corrected chi connectivity index (χ4v) is 3.29. The summed E-state index contributed by atoms with van der Waals surface area (Å²) in [6.07, 6.45) is 0.111. The molecule has 0 saturated carbocycles. The molecule has 1 N–H and O–H groups in total. The topological polar surface area (TPSA) is 15.3 Å². The quantitative estimate of drug-likeness (QED) is 0.922. The predicted octanol–water partition coefficient (Wildman–Crippen LogP) is 3.23. The van der Waals surface area contributed by atoms with Gasteiger partial charge in [-0.1, -0.05) is 24.3 Å². The third kappa shape index (κ3) is 3.48. The maximum absolute atomic E-state index is 12.5. The first kappa shape index (κ1) is 15.7. The van der Waals surface area contributed by atoms with E-state index in [-0.39, 0.29) is 18.0 Å². The van der Waals surface area contributed by atoms with E-state index in [4.69, 9.17) is 0 Å². The fraction of sp³-hybridized carbons (Fsp3) is 0.600. The molecule has 2 unspecified atom stereocenters. The first-order valence-electron chi connectivity index (χ1n) is 7.05. The van der Waals surface area contributed by atoms with Crippen LogP contribution in [-0.4, -0.2) is 30.6 Å². The molecule has 0 bridgehead atoms. The van der Waals surface area contributed by atoms with Gasteiger partial charge >= 0.3 is 0 Å². The Hall–Kier alpha value is -0.710. The molecule has 0 amide bonds. The Morgan fingerprint density at radius 3 is 2.65 bits per heavy atom. The van der Waals surface area contributed by atoms with Crippen molar-refractivity contribution in [3.8, 4) is 0 Å². The van der Waals surface area contributed by atoms with Gasteiger partial charge in [0.25, 0.3) is 6.43 Å². The van der Waals surface area contributed by atoms with Gasteiger partial charge in [-0.25, -0.2) is 8.78 Å². The average molecular weight is 303 g/mol. The van der Waals surface area contributed by atoms with E-state index in [1.165, 1.54) is 12.8 Å². The lowest BCUT2D eigenvalue weighted by Crippen LogP contribution is -2.43. The van der Waals surface area contributed by atoms with Crippen molar-refractivity contribution < 1.29 is 8.78 Å². The highest BCUT2D eigenvalue weighted by Crippen LogP contribution is 2.26. The van der Waals surface area contributed by atoms with E-state index in [0.717, 1.165) is 37.7 Å². The molecule has 0 aromatic heterocycles. The van der Waals surface area contributed by atoms with Crippen molar-refractivity contribution in [1.29, 1.82) is 0 Å². The third-order valence-corrected chi connectivity index (χ3v) is 4.38. The largest absolute Gasteiger partial charge is 0.314 e. The Morgan fingerprint density at radius 2 is 1.95 bits per heavy atom. The summed E-state index contributed by atoms with van der Waals surface area (Å²) in [5.74, 6) is 0.772. The molecule has 2 aliphatic heterocycles. The predicted molar refractivity (Wildman–Crippen MR) is 78.4 cm³/mol. The van der Waals surface area contributed by atoms with Gasteiger partial charge in [-0.2, -0.15) is 0 Å². The Kier molecular flexibility index (Phi) is 5.35. The molecule has 5 heteroatoms. The van der Waals surface area contributed by atoms with Gasteiger partial charge in [0.05, 0.1) is 0 Å². The van der Waals surface area contributed by atoms with Gasteiger partial charge in [0.15, 0.2) is 0 Å². The summed E-state index contributed by atoms with van der Waals surface area (Å²) in [6.45, 7) is 4.26. The van der Waals surface area contributed by atoms with Gasteiger partial charge in [0.1, 0.15) is 0 Å². The number of rotatable bonds is 3. The lowest BCUT2D eigenvalue weighted by Gasteiger charge is -2.34. The molecule has 1 aromatic rings. The van der Waals surface area contributed by atoms with E-state index in [1.54, 1.807) is 12.1 Å². The van der Waals surface area contributed by atoms with Gasteiger partial charge in [0.2, 0.25) is 0 Å². The van der Waals surface area contributed by atoms with Gasteiger partial charge in [-0.15, -0.1) is 12.4 Å². The van der Waals surface area contributed by atoms with Crippen molar-refractivity contribution >= 4 is 12.4 Å². The van der Waals surface area contributed by atoms with Crippen molar-refractivity contribution in [3.05, 3.63) is 35.4 Å². The van der Waals surface area contributed by atoms with Crippen LogP contribution in [0.4, 0.5) is 8.78 Å². The van der Waals surface area contributed by atoms with Gasteiger partial charge in [-0.05, 0) is 37.4 Å². The molecule has 2 nitrogen and oxygen atoms in total. The second-order valence-electron chi connectivity index (χ2n) is 5.68. The monoisotopic (exact) mass is 302 g/mol. The lowest BCUT2D eigenvalue weighted by atomic mass is 9.93. The first-order valence-corrected chi connectivity index (χ1v) is 7.05. The number of fused-ring (bicyclic) bond motifs is 1. The second-order valence-corrected chi connectivity index (χ2v) is 5.68. The highest BCUT2D eigenvalue weighted by Gasteiger charge is 2.32. The summed E-state index contributed by atoms with van der Waals surface area (Å²) < 4.78 is 25.0. The zero-order valence-electron chi connectivity index (χ0n) is 11.4. The first-order chi connectivity index (χ1) is 9.22. The van der Waals surface area contributed by atoms with Crippen LogP contribution in [-0.2, 0) is 6.54 Å². The zero-order chi connectivity index (χ0) is 13.2. The van der Waals surface area contributed by atoms with Crippen LogP contribution in [0.3, 0.4) is 0 Å². The zero-order valence-corrected chi connectivity index (χ0v) is 12.2. The number of halogens is 3. The second kappa shape index (κ2) is 6.83. The van der Waals surface area contributed by atoms with Crippen LogP contribution in [0.25, 0.3) is 0 Å². The molecular weight excluding hydrogens is 282 g/mol. The number of likely N-dealkylation sites (tertiary alicyclic amines) is 1. The average Bonchev–Trinajstić information content (AvgIpc) is 2.87. The molecule has 2 fully saturated rings. The molecule has 0 radical (unpaired) electrons.